The quantitative estimate of drug-likeness (QED) is 0.334. The third-order valence-electron chi connectivity index (χ3n) is 5.88. The molecule has 0 aliphatic rings. The molecule has 0 aliphatic heterocycles. The first-order valence-corrected chi connectivity index (χ1v) is 14.1. The van der Waals surface area contributed by atoms with Crippen LogP contribution in [0.1, 0.15) is 26.7 Å². The van der Waals surface area contributed by atoms with E-state index in [2.05, 4.69) is 18.7 Å². The minimum Gasteiger partial charge on any atom is -0.497 e. The predicted octanol–water partition coefficient (Wildman–Crippen LogP) is 4.24. The van der Waals surface area contributed by atoms with Crippen LogP contribution in [-0.2, 0) is 14.6 Å². The smallest absolute Gasteiger partial charge is 0.228 e. The number of thiazole rings is 1. The van der Waals surface area contributed by atoms with Gasteiger partial charge in [0.15, 0.2) is 15.0 Å². The second kappa shape index (κ2) is 12.3. The Kier molecular flexibility index (Phi) is 9.47. The van der Waals surface area contributed by atoms with Gasteiger partial charge in [0.2, 0.25) is 5.91 Å². The van der Waals surface area contributed by atoms with Gasteiger partial charge in [0.05, 0.1) is 29.6 Å². The Labute approximate surface area is 211 Å². The highest BCUT2D eigenvalue weighted by Gasteiger charge is 2.23. The number of methoxy groups -OCH3 is 2. The summed E-state index contributed by atoms with van der Waals surface area (Å²) < 4.78 is 36.9. The molecule has 0 spiro atoms. The normalized spacial score (nSPS) is 11.7. The van der Waals surface area contributed by atoms with Gasteiger partial charge in [-0.1, -0.05) is 31.3 Å². The lowest BCUT2D eigenvalue weighted by Gasteiger charge is -2.24. The summed E-state index contributed by atoms with van der Waals surface area (Å²) >= 11 is 1.43. The average Bonchev–Trinajstić information content (AvgIpc) is 3.30. The van der Waals surface area contributed by atoms with Gasteiger partial charge in [-0.2, -0.15) is 0 Å². The number of hydrogen-bond acceptors (Lipinski definition) is 8. The Bertz CT molecular complexity index is 1220. The van der Waals surface area contributed by atoms with Crippen molar-refractivity contribution in [3.63, 3.8) is 0 Å². The van der Waals surface area contributed by atoms with Crippen LogP contribution in [0.15, 0.2) is 47.4 Å². The number of likely N-dealkylation sites (N-methyl/N-ethyl adjacent to an activating group) is 1. The molecule has 2 aromatic carbocycles. The topological polar surface area (TPSA) is 89.0 Å². The van der Waals surface area contributed by atoms with Crippen LogP contribution < -0.4 is 14.4 Å². The number of fused-ring (bicyclic) bond motifs is 1. The Morgan fingerprint density at radius 3 is 2.34 bits per heavy atom. The van der Waals surface area contributed by atoms with E-state index in [-0.39, 0.29) is 29.4 Å². The first-order valence-electron chi connectivity index (χ1n) is 11.7. The standard InChI is InChI=1S/C25H33N3O5S2/c1-5-27(6-2)16-17-28(25-26-24-21(33-4)9-7-10-22(24)34-25)23(29)11-8-18-35(30,31)20-14-12-19(32-3)13-15-20/h7,9-10,12-15H,5-6,8,11,16-18H2,1-4H3. The molecule has 8 nitrogen and oxygen atoms in total. The van der Waals surface area contributed by atoms with Crippen molar-refractivity contribution in [3.05, 3.63) is 42.5 Å². The maximum Gasteiger partial charge on any atom is 0.228 e. The minimum absolute atomic E-state index is 0.109. The third kappa shape index (κ3) is 6.71. The summed E-state index contributed by atoms with van der Waals surface area (Å²) in [5.41, 5.74) is 0.720. The van der Waals surface area contributed by atoms with Crippen LogP contribution in [0.2, 0.25) is 0 Å². The number of amides is 1. The number of hydrogen-bond donors (Lipinski definition) is 0. The molecule has 0 saturated carbocycles. The van der Waals surface area contributed by atoms with Gasteiger partial charge in [-0.3, -0.25) is 9.69 Å². The molecule has 1 aromatic heterocycles. The number of carbonyl (C=O) groups is 1. The van der Waals surface area contributed by atoms with E-state index in [0.717, 1.165) is 23.3 Å². The summed E-state index contributed by atoms with van der Waals surface area (Å²) in [5, 5.41) is 0.597. The van der Waals surface area contributed by atoms with Gasteiger partial charge in [0.1, 0.15) is 17.0 Å². The largest absolute Gasteiger partial charge is 0.497 e. The van der Waals surface area contributed by atoms with E-state index in [0.29, 0.717) is 29.7 Å². The predicted molar refractivity (Wildman–Crippen MR) is 141 cm³/mol. The molecular formula is C25H33N3O5S2. The summed E-state index contributed by atoms with van der Waals surface area (Å²) in [6, 6.07) is 12.0. The van der Waals surface area contributed by atoms with Crippen molar-refractivity contribution >= 4 is 42.4 Å². The Morgan fingerprint density at radius 2 is 1.71 bits per heavy atom. The van der Waals surface area contributed by atoms with E-state index in [4.69, 9.17) is 14.5 Å². The van der Waals surface area contributed by atoms with E-state index in [1.807, 2.05) is 18.2 Å². The van der Waals surface area contributed by atoms with Crippen LogP contribution in [-0.4, -0.2) is 70.4 Å². The lowest BCUT2D eigenvalue weighted by atomic mass is 10.3. The fraction of sp³-hybridized carbons (Fsp3) is 0.440. The number of anilines is 1. The molecule has 1 amide bonds. The Morgan fingerprint density at radius 1 is 1.00 bits per heavy atom. The van der Waals surface area contributed by atoms with Gasteiger partial charge in [-0.05, 0) is 55.9 Å². The van der Waals surface area contributed by atoms with Crippen LogP contribution in [0.3, 0.4) is 0 Å². The van der Waals surface area contributed by atoms with Crippen LogP contribution in [0.25, 0.3) is 10.2 Å². The summed E-state index contributed by atoms with van der Waals surface area (Å²) in [6.45, 7) is 7.12. The molecular weight excluding hydrogens is 486 g/mol. The molecule has 35 heavy (non-hydrogen) atoms. The lowest BCUT2D eigenvalue weighted by molar-refractivity contribution is -0.118. The van der Waals surface area contributed by atoms with E-state index in [1.165, 1.54) is 30.6 Å². The second-order valence-corrected chi connectivity index (χ2v) is 11.1. The molecule has 1 heterocycles. The SMILES string of the molecule is CCN(CC)CCN(C(=O)CCCS(=O)(=O)c1ccc(OC)cc1)c1nc2c(OC)cccc2s1. The highest BCUT2D eigenvalue weighted by atomic mass is 32.2. The number of rotatable bonds is 13. The van der Waals surface area contributed by atoms with Crippen molar-refractivity contribution < 1.29 is 22.7 Å². The molecule has 0 N–H and O–H groups in total. The zero-order valence-electron chi connectivity index (χ0n) is 20.7. The van der Waals surface area contributed by atoms with E-state index < -0.39 is 9.84 Å². The molecule has 0 bridgehead atoms. The van der Waals surface area contributed by atoms with Crippen molar-refractivity contribution in [1.29, 1.82) is 0 Å². The van der Waals surface area contributed by atoms with E-state index in [1.54, 1.807) is 24.1 Å². The van der Waals surface area contributed by atoms with Gasteiger partial charge < -0.3 is 14.4 Å². The maximum atomic E-state index is 13.3. The van der Waals surface area contributed by atoms with Gasteiger partial charge in [0, 0.05) is 19.5 Å². The monoisotopic (exact) mass is 519 g/mol. The maximum absolute atomic E-state index is 13.3. The summed E-state index contributed by atoms with van der Waals surface area (Å²) in [4.78, 5) is 22.2. The number of carbonyl (C=O) groups excluding carboxylic acids is 1. The number of aromatic nitrogens is 1. The van der Waals surface area contributed by atoms with Crippen LogP contribution in [0, 0.1) is 0 Å². The fourth-order valence-corrected chi connectivity index (χ4v) is 6.09. The van der Waals surface area contributed by atoms with E-state index >= 15 is 0 Å². The van der Waals surface area contributed by atoms with Crippen LogP contribution >= 0.6 is 11.3 Å². The second-order valence-electron chi connectivity index (χ2n) is 7.97. The van der Waals surface area contributed by atoms with Gasteiger partial charge in [-0.25, -0.2) is 13.4 Å². The van der Waals surface area contributed by atoms with Gasteiger partial charge >= 0.3 is 0 Å². The molecule has 0 saturated heterocycles. The number of sulfone groups is 1. The Hall–Kier alpha value is -2.69. The molecule has 3 aromatic rings. The summed E-state index contributed by atoms with van der Waals surface area (Å²) in [5.74, 6) is 1.00. The molecule has 0 aliphatic carbocycles. The van der Waals surface area contributed by atoms with Crippen LogP contribution in [0.4, 0.5) is 5.13 Å². The molecule has 3 rings (SSSR count). The van der Waals surface area contributed by atoms with Gasteiger partial charge in [-0.15, -0.1) is 0 Å². The number of nitrogens with zero attached hydrogens (tertiary/aromatic N) is 3. The highest BCUT2D eigenvalue weighted by molar-refractivity contribution is 7.91. The summed E-state index contributed by atoms with van der Waals surface area (Å²) in [7, 11) is -0.371. The minimum atomic E-state index is -3.50. The molecule has 190 valence electrons. The number of benzene rings is 2. The molecule has 10 heteroatoms. The van der Waals surface area contributed by atoms with Crippen molar-refractivity contribution in [2.75, 3.05) is 51.1 Å². The zero-order chi connectivity index (χ0) is 25.4. The lowest BCUT2D eigenvalue weighted by Crippen LogP contribution is -2.38. The van der Waals surface area contributed by atoms with Crippen molar-refractivity contribution in [2.24, 2.45) is 0 Å². The first kappa shape index (κ1) is 26.9. The summed E-state index contributed by atoms with van der Waals surface area (Å²) in [6.07, 6.45) is 0.337. The molecule has 0 atom stereocenters. The highest BCUT2D eigenvalue weighted by Crippen LogP contribution is 2.34. The Balaban J connectivity index is 1.75. The fourth-order valence-electron chi connectivity index (χ4n) is 3.75. The number of ether oxygens (including phenoxy) is 2. The molecule has 0 radical (unpaired) electrons. The third-order valence-corrected chi connectivity index (χ3v) is 8.74. The molecule has 0 fully saturated rings. The first-order chi connectivity index (χ1) is 16.8. The van der Waals surface area contributed by atoms with Crippen molar-refractivity contribution in [1.82, 2.24) is 9.88 Å². The van der Waals surface area contributed by atoms with Crippen molar-refractivity contribution in [3.8, 4) is 11.5 Å². The molecule has 0 unspecified atom stereocenters. The van der Waals surface area contributed by atoms with Crippen LogP contribution in [0.5, 0.6) is 11.5 Å². The zero-order valence-corrected chi connectivity index (χ0v) is 22.3. The number of para-hydroxylation sites is 1. The van der Waals surface area contributed by atoms with E-state index in [9.17, 15) is 13.2 Å². The van der Waals surface area contributed by atoms with Crippen molar-refractivity contribution in [2.45, 2.75) is 31.6 Å². The average molecular weight is 520 g/mol. The van der Waals surface area contributed by atoms with Gasteiger partial charge in [0.25, 0.3) is 0 Å².